The van der Waals surface area contributed by atoms with Crippen LogP contribution in [0.1, 0.15) is 16.9 Å². The maximum Gasteiger partial charge on any atom is 0.270 e. The average molecular weight is 297 g/mol. The predicted octanol–water partition coefficient (Wildman–Crippen LogP) is 0.133. The molecule has 2 aliphatic heterocycles. The second-order valence-corrected chi connectivity index (χ2v) is 7.99. The van der Waals surface area contributed by atoms with Crippen LogP contribution >= 0.6 is 0 Å². The summed E-state index contributed by atoms with van der Waals surface area (Å²) in [7, 11) is -1.26. The molecule has 7 heteroatoms. The molecule has 0 atom stereocenters. The fourth-order valence-corrected chi connectivity index (χ4v) is 4.12. The fraction of sp³-hybridized carbons (Fsp3) is 0.615. The Labute approximate surface area is 119 Å². The Morgan fingerprint density at radius 2 is 2.00 bits per heavy atom. The first-order chi connectivity index (χ1) is 9.31. The van der Waals surface area contributed by atoms with Crippen LogP contribution < -0.4 is 0 Å². The van der Waals surface area contributed by atoms with E-state index in [9.17, 15) is 13.2 Å². The zero-order valence-corrected chi connectivity index (χ0v) is 12.6. The van der Waals surface area contributed by atoms with Crippen LogP contribution in [0.2, 0.25) is 0 Å². The van der Waals surface area contributed by atoms with Crippen LogP contribution in [0.3, 0.4) is 0 Å². The number of sulfonamides is 1. The van der Waals surface area contributed by atoms with Crippen molar-refractivity contribution in [2.24, 2.45) is 12.5 Å². The summed E-state index contributed by atoms with van der Waals surface area (Å²) in [6.07, 6.45) is 3.94. The molecule has 0 aromatic carbocycles. The number of aromatic nitrogens is 1. The molecule has 1 amide bonds. The number of carbonyl (C=O) groups excluding carboxylic acids is 1. The maximum atomic E-state index is 12.3. The smallest absolute Gasteiger partial charge is 0.270 e. The van der Waals surface area contributed by atoms with Crippen molar-refractivity contribution < 1.29 is 13.2 Å². The molecule has 20 heavy (non-hydrogen) atoms. The minimum atomic E-state index is -3.11. The third-order valence-electron chi connectivity index (χ3n) is 4.37. The predicted molar refractivity (Wildman–Crippen MR) is 74.8 cm³/mol. The van der Waals surface area contributed by atoms with E-state index >= 15 is 0 Å². The lowest BCUT2D eigenvalue weighted by Gasteiger charge is -2.47. The van der Waals surface area contributed by atoms with Gasteiger partial charge < -0.3 is 9.47 Å². The van der Waals surface area contributed by atoms with Gasteiger partial charge in [0.25, 0.3) is 5.91 Å². The molecule has 0 unspecified atom stereocenters. The lowest BCUT2D eigenvalue weighted by Crippen LogP contribution is -2.59. The van der Waals surface area contributed by atoms with E-state index in [1.54, 1.807) is 4.90 Å². The van der Waals surface area contributed by atoms with Crippen LogP contribution in [0.4, 0.5) is 0 Å². The molecular weight excluding hydrogens is 278 g/mol. The molecular formula is C13H19N3O3S. The van der Waals surface area contributed by atoms with Crippen LogP contribution in [-0.4, -0.2) is 60.5 Å². The summed E-state index contributed by atoms with van der Waals surface area (Å²) in [5.74, 6) is 0.0286. The molecule has 1 spiro atoms. The zero-order valence-electron chi connectivity index (χ0n) is 11.7. The van der Waals surface area contributed by atoms with Gasteiger partial charge in [-0.25, -0.2) is 12.7 Å². The van der Waals surface area contributed by atoms with Crippen molar-refractivity contribution >= 4 is 15.9 Å². The van der Waals surface area contributed by atoms with E-state index in [2.05, 4.69) is 0 Å². The highest BCUT2D eigenvalue weighted by molar-refractivity contribution is 7.88. The fourth-order valence-electron chi connectivity index (χ4n) is 3.19. The Morgan fingerprint density at radius 1 is 1.30 bits per heavy atom. The topological polar surface area (TPSA) is 62.6 Å². The number of hydrogen-bond donors (Lipinski definition) is 0. The number of aryl methyl sites for hydroxylation is 1. The number of nitrogens with zero attached hydrogens (tertiary/aromatic N) is 3. The SMILES string of the molecule is Cn1cccc1C(=O)N1CC2(CCN(S(C)(=O)=O)C2)C1. The Balaban J connectivity index is 1.65. The average Bonchev–Trinajstić information content (AvgIpc) is 2.91. The minimum Gasteiger partial charge on any atom is -0.347 e. The first kappa shape index (κ1) is 13.6. The molecule has 1 aromatic heterocycles. The van der Waals surface area contributed by atoms with Gasteiger partial charge in [0, 0.05) is 44.8 Å². The van der Waals surface area contributed by atoms with Gasteiger partial charge in [-0.3, -0.25) is 4.79 Å². The first-order valence-electron chi connectivity index (χ1n) is 6.67. The van der Waals surface area contributed by atoms with Crippen LogP contribution in [-0.2, 0) is 17.1 Å². The number of amides is 1. The molecule has 3 rings (SSSR count). The van der Waals surface area contributed by atoms with Gasteiger partial charge in [-0.1, -0.05) is 0 Å². The third-order valence-corrected chi connectivity index (χ3v) is 5.62. The summed E-state index contributed by atoms with van der Waals surface area (Å²) in [6, 6.07) is 3.66. The first-order valence-corrected chi connectivity index (χ1v) is 8.51. The molecule has 110 valence electrons. The molecule has 6 nitrogen and oxygen atoms in total. The van der Waals surface area contributed by atoms with Crippen molar-refractivity contribution in [3.05, 3.63) is 24.0 Å². The van der Waals surface area contributed by atoms with Gasteiger partial charge in [-0.15, -0.1) is 0 Å². The summed E-state index contributed by atoms with van der Waals surface area (Å²) in [5.41, 5.74) is 0.655. The Kier molecular flexibility index (Phi) is 2.95. The summed E-state index contributed by atoms with van der Waals surface area (Å²) >= 11 is 0. The second kappa shape index (κ2) is 4.33. The van der Waals surface area contributed by atoms with Gasteiger partial charge in [0.15, 0.2) is 0 Å². The summed E-state index contributed by atoms with van der Waals surface area (Å²) < 4.78 is 26.4. The van der Waals surface area contributed by atoms with Crippen molar-refractivity contribution in [3.63, 3.8) is 0 Å². The van der Waals surface area contributed by atoms with E-state index in [1.807, 2.05) is 29.9 Å². The molecule has 0 N–H and O–H groups in total. The van der Waals surface area contributed by atoms with Crippen molar-refractivity contribution in [2.75, 3.05) is 32.4 Å². The largest absolute Gasteiger partial charge is 0.347 e. The molecule has 0 radical (unpaired) electrons. The zero-order chi connectivity index (χ0) is 14.5. The standard InChI is InChI=1S/C13H19N3O3S/c1-14-6-3-4-11(14)12(17)15-8-13(9-15)5-7-16(10-13)20(2,18)19/h3-4,6H,5,7-10H2,1-2H3. The number of carbonyl (C=O) groups is 1. The van der Waals surface area contributed by atoms with Gasteiger partial charge >= 0.3 is 0 Å². The summed E-state index contributed by atoms with van der Waals surface area (Å²) in [5, 5.41) is 0. The highest BCUT2D eigenvalue weighted by Crippen LogP contribution is 2.40. The van der Waals surface area contributed by atoms with Crippen molar-refractivity contribution in [3.8, 4) is 0 Å². The molecule has 2 fully saturated rings. The molecule has 2 aliphatic rings. The van der Waals surface area contributed by atoms with E-state index in [0.29, 0.717) is 31.9 Å². The Bertz CT molecular complexity index is 644. The minimum absolute atomic E-state index is 0.0239. The van der Waals surface area contributed by atoms with Crippen molar-refractivity contribution in [2.45, 2.75) is 6.42 Å². The van der Waals surface area contributed by atoms with Crippen LogP contribution in [0.5, 0.6) is 0 Å². The van der Waals surface area contributed by atoms with Gasteiger partial charge in [-0.05, 0) is 18.6 Å². The lowest BCUT2D eigenvalue weighted by molar-refractivity contribution is 0.0129. The van der Waals surface area contributed by atoms with E-state index in [4.69, 9.17) is 0 Å². The van der Waals surface area contributed by atoms with Crippen LogP contribution in [0, 0.1) is 5.41 Å². The maximum absolute atomic E-state index is 12.3. The molecule has 0 bridgehead atoms. The second-order valence-electron chi connectivity index (χ2n) is 6.01. The quantitative estimate of drug-likeness (QED) is 0.779. The van der Waals surface area contributed by atoms with E-state index < -0.39 is 10.0 Å². The molecule has 0 aliphatic carbocycles. The van der Waals surface area contributed by atoms with Gasteiger partial charge in [0.2, 0.25) is 10.0 Å². The Hall–Kier alpha value is -1.34. The normalized spacial score (nSPS) is 22.2. The lowest BCUT2D eigenvalue weighted by atomic mass is 9.79. The molecule has 3 heterocycles. The highest BCUT2D eigenvalue weighted by Gasteiger charge is 2.51. The number of hydrogen-bond acceptors (Lipinski definition) is 3. The van der Waals surface area contributed by atoms with Crippen molar-refractivity contribution in [1.29, 1.82) is 0 Å². The Morgan fingerprint density at radius 3 is 2.50 bits per heavy atom. The monoisotopic (exact) mass is 297 g/mol. The third kappa shape index (κ3) is 2.14. The molecule has 1 aromatic rings. The highest BCUT2D eigenvalue weighted by atomic mass is 32.2. The van der Waals surface area contributed by atoms with Gasteiger partial charge in [0.05, 0.1) is 6.26 Å². The molecule has 0 saturated carbocycles. The molecule has 2 saturated heterocycles. The van der Waals surface area contributed by atoms with E-state index in [-0.39, 0.29) is 11.3 Å². The summed E-state index contributed by atoms with van der Waals surface area (Å²) in [4.78, 5) is 14.1. The van der Waals surface area contributed by atoms with Crippen molar-refractivity contribution in [1.82, 2.24) is 13.8 Å². The van der Waals surface area contributed by atoms with Crippen LogP contribution in [0.25, 0.3) is 0 Å². The van der Waals surface area contributed by atoms with Gasteiger partial charge in [0.1, 0.15) is 5.69 Å². The number of rotatable bonds is 2. The van der Waals surface area contributed by atoms with Gasteiger partial charge in [-0.2, -0.15) is 0 Å². The van der Waals surface area contributed by atoms with Crippen LogP contribution in [0.15, 0.2) is 18.3 Å². The van der Waals surface area contributed by atoms with E-state index in [0.717, 1.165) is 6.42 Å². The van der Waals surface area contributed by atoms with E-state index in [1.165, 1.54) is 10.6 Å². The number of likely N-dealkylation sites (tertiary alicyclic amines) is 1. The summed E-state index contributed by atoms with van der Waals surface area (Å²) in [6.45, 7) is 2.43.